The van der Waals surface area contributed by atoms with Crippen molar-refractivity contribution in [2.24, 2.45) is 5.73 Å². The second kappa shape index (κ2) is 4.11. The SMILES string of the molecule is NCC(CO)c1cccc(O)c1O. The summed E-state index contributed by atoms with van der Waals surface area (Å²) in [6.07, 6.45) is 0. The predicted octanol–water partition coefficient (Wildman–Crippen LogP) is 0.132. The fourth-order valence-electron chi connectivity index (χ4n) is 1.18. The Labute approximate surface area is 76.2 Å². The van der Waals surface area contributed by atoms with Crippen molar-refractivity contribution >= 4 is 0 Å². The maximum atomic E-state index is 9.41. The summed E-state index contributed by atoms with van der Waals surface area (Å²) in [5.41, 5.74) is 5.86. The van der Waals surface area contributed by atoms with Crippen LogP contribution in [-0.2, 0) is 0 Å². The molecule has 0 spiro atoms. The topological polar surface area (TPSA) is 86.7 Å². The maximum absolute atomic E-state index is 9.41. The van der Waals surface area contributed by atoms with E-state index in [-0.39, 0.29) is 30.6 Å². The van der Waals surface area contributed by atoms with Crippen LogP contribution in [0.1, 0.15) is 11.5 Å². The fourth-order valence-corrected chi connectivity index (χ4v) is 1.18. The van der Waals surface area contributed by atoms with Crippen LogP contribution in [0.15, 0.2) is 18.2 Å². The molecule has 1 aromatic rings. The average molecular weight is 183 g/mol. The zero-order valence-corrected chi connectivity index (χ0v) is 7.14. The minimum atomic E-state index is -0.327. The minimum Gasteiger partial charge on any atom is -0.504 e. The lowest BCUT2D eigenvalue weighted by molar-refractivity contribution is 0.264. The maximum Gasteiger partial charge on any atom is 0.161 e. The molecular weight excluding hydrogens is 170 g/mol. The molecule has 0 radical (unpaired) electrons. The second-order valence-electron chi connectivity index (χ2n) is 2.83. The molecule has 4 nitrogen and oxygen atoms in total. The van der Waals surface area contributed by atoms with Crippen LogP contribution >= 0.6 is 0 Å². The van der Waals surface area contributed by atoms with Crippen LogP contribution in [0, 0.1) is 0 Å². The van der Waals surface area contributed by atoms with Crippen molar-refractivity contribution in [2.45, 2.75) is 5.92 Å². The Hall–Kier alpha value is -1.26. The van der Waals surface area contributed by atoms with Crippen LogP contribution in [0.25, 0.3) is 0 Å². The highest BCUT2D eigenvalue weighted by Gasteiger charge is 2.14. The largest absolute Gasteiger partial charge is 0.504 e. The van der Waals surface area contributed by atoms with E-state index in [2.05, 4.69) is 0 Å². The fraction of sp³-hybridized carbons (Fsp3) is 0.333. The third-order valence-electron chi connectivity index (χ3n) is 1.99. The lowest BCUT2D eigenvalue weighted by Gasteiger charge is -2.13. The molecule has 1 atom stereocenters. The Balaban J connectivity index is 3.05. The van der Waals surface area contributed by atoms with Gasteiger partial charge in [0.2, 0.25) is 0 Å². The summed E-state index contributed by atoms with van der Waals surface area (Å²) in [6.45, 7) is 0.0844. The molecule has 1 aromatic carbocycles. The molecule has 0 aliphatic heterocycles. The van der Waals surface area contributed by atoms with Gasteiger partial charge in [-0.2, -0.15) is 0 Å². The Kier molecular flexibility index (Phi) is 3.11. The molecule has 5 N–H and O–H groups in total. The summed E-state index contributed by atoms with van der Waals surface area (Å²) in [5, 5.41) is 27.5. The molecule has 0 bridgehead atoms. The van der Waals surface area contributed by atoms with Gasteiger partial charge in [0.25, 0.3) is 0 Å². The first-order valence-electron chi connectivity index (χ1n) is 4.02. The van der Waals surface area contributed by atoms with E-state index in [0.29, 0.717) is 5.56 Å². The number of rotatable bonds is 3. The van der Waals surface area contributed by atoms with Crippen LogP contribution in [-0.4, -0.2) is 28.5 Å². The summed E-state index contributed by atoms with van der Waals surface area (Å²) < 4.78 is 0. The Morgan fingerprint density at radius 2 is 2.00 bits per heavy atom. The monoisotopic (exact) mass is 183 g/mol. The van der Waals surface area contributed by atoms with Gasteiger partial charge in [0, 0.05) is 18.0 Å². The van der Waals surface area contributed by atoms with E-state index in [1.54, 1.807) is 12.1 Å². The van der Waals surface area contributed by atoms with Crippen molar-refractivity contribution in [1.82, 2.24) is 0 Å². The summed E-state index contributed by atoms with van der Waals surface area (Å²) in [7, 11) is 0. The second-order valence-corrected chi connectivity index (χ2v) is 2.83. The van der Waals surface area contributed by atoms with Crippen molar-refractivity contribution in [3.63, 3.8) is 0 Å². The number of nitrogens with two attached hydrogens (primary N) is 1. The van der Waals surface area contributed by atoms with Crippen LogP contribution in [0.2, 0.25) is 0 Å². The van der Waals surface area contributed by atoms with E-state index >= 15 is 0 Å². The number of aliphatic hydroxyl groups is 1. The van der Waals surface area contributed by atoms with Gasteiger partial charge < -0.3 is 21.1 Å². The Morgan fingerprint density at radius 3 is 2.54 bits per heavy atom. The molecule has 0 amide bonds. The molecule has 13 heavy (non-hydrogen) atoms. The highest BCUT2D eigenvalue weighted by molar-refractivity contribution is 5.46. The number of aliphatic hydroxyl groups excluding tert-OH is 1. The van der Waals surface area contributed by atoms with E-state index in [9.17, 15) is 5.11 Å². The van der Waals surface area contributed by atoms with E-state index in [4.69, 9.17) is 15.9 Å². The lowest BCUT2D eigenvalue weighted by Crippen LogP contribution is -2.16. The van der Waals surface area contributed by atoms with E-state index in [1.165, 1.54) is 6.07 Å². The highest BCUT2D eigenvalue weighted by Crippen LogP contribution is 2.32. The lowest BCUT2D eigenvalue weighted by atomic mass is 9.99. The van der Waals surface area contributed by atoms with Crippen LogP contribution in [0.5, 0.6) is 11.5 Å². The Bertz CT molecular complexity index is 284. The van der Waals surface area contributed by atoms with Gasteiger partial charge >= 0.3 is 0 Å². The number of para-hydroxylation sites is 1. The van der Waals surface area contributed by atoms with Gasteiger partial charge in [-0.3, -0.25) is 0 Å². The number of hydrogen-bond donors (Lipinski definition) is 4. The molecule has 0 aliphatic carbocycles. The molecule has 4 heteroatoms. The predicted molar refractivity (Wildman–Crippen MR) is 48.7 cm³/mol. The molecule has 0 fully saturated rings. The molecule has 1 unspecified atom stereocenters. The summed E-state index contributed by atoms with van der Waals surface area (Å²) in [5.74, 6) is -0.719. The first-order valence-corrected chi connectivity index (χ1v) is 4.02. The van der Waals surface area contributed by atoms with Crippen LogP contribution in [0.4, 0.5) is 0 Å². The van der Waals surface area contributed by atoms with Gasteiger partial charge in [-0.15, -0.1) is 0 Å². The number of phenols is 2. The molecule has 0 saturated heterocycles. The number of aromatic hydroxyl groups is 2. The first kappa shape index (κ1) is 9.83. The van der Waals surface area contributed by atoms with E-state index in [1.807, 2.05) is 0 Å². The molecular formula is C9H13NO3. The van der Waals surface area contributed by atoms with Gasteiger partial charge in [0.15, 0.2) is 11.5 Å². The summed E-state index contributed by atoms with van der Waals surface area (Å²) >= 11 is 0. The normalized spacial score (nSPS) is 12.8. The van der Waals surface area contributed by atoms with Crippen LogP contribution < -0.4 is 5.73 Å². The summed E-state index contributed by atoms with van der Waals surface area (Å²) in [4.78, 5) is 0. The number of hydrogen-bond acceptors (Lipinski definition) is 4. The van der Waals surface area contributed by atoms with Crippen molar-refractivity contribution in [2.75, 3.05) is 13.2 Å². The van der Waals surface area contributed by atoms with E-state index in [0.717, 1.165) is 0 Å². The number of phenolic OH excluding ortho intramolecular Hbond substituents is 2. The standard InChI is InChI=1S/C9H13NO3/c10-4-6(5-11)7-2-1-3-8(12)9(7)13/h1-3,6,11-13H,4-5,10H2. The molecule has 72 valence electrons. The summed E-state index contributed by atoms with van der Waals surface area (Å²) in [6, 6.07) is 4.61. The highest BCUT2D eigenvalue weighted by atomic mass is 16.3. The third-order valence-corrected chi connectivity index (χ3v) is 1.99. The van der Waals surface area contributed by atoms with Gasteiger partial charge in [-0.1, -0.05) is 12.1 Å². The van der Waals surface area contributed by atoms with Crippen molar-refractivity contribution in [3.8, 4) is 11.5 Å². The van der Waals surface area contributed by atoms with Gasteiger partial charge in [0.1, 0.15) is 0 Å². The van der Waals surface area contributed by atoms with Gasteiger partial charge in [-0.05, 0) is 6.07 Å². The molecule has 1 rings (SSSR count). The van der Waals surface area contributed by atoms with Crippen molar-refractivity contribution in [1.29, 1.82) is 0 Å². The van der Waals surface area contributed by atoms with E-state index < -0.39 is 0 Å². The molecule has 0 heterocycles. The molecule has 0 aromatic heterocycles. The molecule has 0 aliphatic rings. The van der Waals surface area contributed by atoms with Crippen LogP contribution in [0.3, 0.4) is 0 Å². The minimum absolute atomic E-state index is 0.145. The van der Waals surface area contributed by atoms with Crippen molar-refractivity contribution < 1.29 is 15.3 Å². The first-order chi connectivity index (χ1) is 6.20. The Morgan fingerprint density at radius 1 is 1.31 bits per heavy atom. The third kappa shape index (κ3) is 1.91. The zero-order chi connectivity index (χ0) is 9.84. The average Bonchev–Trinajstić information content (AvgIpc) is 2.14. The van der Waals surface area contributed by atoms with Crippen molar-refractivity contribution in [3.05, 3.63) is 23.8 Å². The molecule has 0 saturated carbocycles. The van der Waals surface area contributed by atoms with Gasteiger partial charge in [0.05, 0.1) is 6.61 Å². The smallest absolute Gasteiger partial charge is 0.161 e. The zero-order valence-electron chi connectivity index (χ0n) is 7.14. The van der Waals surface area contributed by atoms with Gasteiger partial charge in [-0.25, -0.2) is 0 Å². The quantitative estimate of drug-likeness (QED) is 0.502. The number of benzene rings is 1.